The molecule has 8 nitrogen and oxygen atoms in total. The Balaban J connectivity index is 1.92. The van der Waals surface area contributed by atoms with Gasteiger partial charge in [0.15, 0.2) is 0 Å². The summed E-state index contributed by atoms with van der Waals surface area (Å²) in [6, 6.07) is -0.866. The second kappa shape index (κ2) is 10.8. The van der Waals surface area contributed by atoms with Gasteiger partial charge in [0.1, 0.15) is 33.4 Å². The van der Waals surface area contributed by atoms with Crippen LogP contribution in [0.25, 0.3) is 0 Å². The first kappa shape index (κ1) is 24.7. The van der Waals surface area contributed by atoms with Crippen LogP contribution in [-0.2, 0) is 25.7 Å². The summed E-state index contributed by atoms with van der Waals surface area (Å²) in [7, 11) is 0. The topological polar surface area (TPSA) is 110 Å². The molecule has 1 aromatic rings. The largest absolute Gasteiger partial charge is 0.456 e. The minimum Gasteiger partial charge on any atom is -0.456 e. The third kappa shape index (κ3) is 6.11. The number of aromatic nitrogens is 1. The van der Waals surface area contributed by atoms with Gasteiger partial charge in [-0.25, -0.2) is 9.78 Å². The molecular weight excluding hydrogens is 472 g/mol. The number of fused-ring (bicyclic) bond motifs is 4. The van der Waals surface area contributed by atoms with Gasteiger partial charge in [0.05, 0.1) is 13.0 Å². The van der Waals surface area contributed by atoms with E-state index in [2.05, 4.69) is 20.6 Å². The number of nitrogens with zero attached hydrogens (tertiary/aromatic N) is 2. The van der Waals surface area contributed by atoms with Crippen molar-refractivity contribution in [3.8, 4) is 0 Å². The van der Waals surface area contributed by atoms with Crippen molar-refractivity contribution in [1.82, 2.24) is 15.6 Å². The maximum atomic E-state index is 13.1. The van der Waals surface area contributed by atoms with Gasteiger partial charge in [0.2, 0.25) is 11.8 Å². The van der Waals surface area contributed by atoms with Crippen LogP contribution in [0.5, 0.6) is 0 Å². The highest BCUT2D eigenvalue weighted by molar-refractivity contribution is 8.14. The molecule has 2 amide bonds. The maximum Gasteiger partial charge on any atom is 0.329 e. The number of hydrogen-bond donors (Lipinski definition) is 2. The van der Waals surface area contributed by atoms with Crippen LogP contribution in [0, 0.1) is 5.92 Å². The van der Waals surface area contributed by atoms with E-state index < -0.39 is 23.7 Å². The minimum atomic E-state index is -1.01. The number of thiazole rings is 1. The molecule has 2 aliphatic rings. The molecule has 3 rings (SSSR count). The molecule has 0 spiro atoms. The predicted molar refractivity (Wildman–Crippen MR) is 127 cm³/mol. The number of carbonyl (C=O) groups is 3. The molecule has 4 bridgehead atoms. The van der Waals surface area contributed by atoms with Crippen LogP contribution in [0.1, 0.15) is 44.3 Å². The van der Waals surface area contributed by atoms with Crippen LogP contribution in [0.3, 0.4) is 0 Å². The highest BCUT2D eigenvalue weighted by Crippen LogP contribution is 2.32. The average Bonchev–Trinajstić information content (AvgIpc) is 3.37. The summed E-state index contributed by atoms with van der Waals surface area (Å²) in [5, 5.41) is 8.92. The number of alkyl halides is 1. The first-order valence-corrected chi connectivity index (χ1v) is 12.8. The van der Waals surface area contributed by atoms with Crippen molar-refractivity contribution in [2.45, 2.75) is 57.8 Å². The molecule has 0 aliphatic carbocycles. The van der Waals surface area contributed by atoms with Gasteiger partial charge in [0, 0.05) is 17.0 Å². The lowest BCUT2D eigenvalue weighted by molar-refractivity contribution is -0.153. The van der Waals surface area contributed by atoms with E-state index in [0.717, 1.165) is 5.01 Å². The number of halogens is 1. The molecule has 174 valence electrons. The van der Waals surface area contributed by atoms with E-state index in [1.54, 1.807) is 19.1 Å². The third-order valence-electron chi connectivity index (χ3n) is 5.02. The summed E-state index contributed by atoms with van der Waals surface area (Å²) in [6.07, 6.45) is 3.21. The van der Waals surface area contributed by atoms with Gasteiger partial charge in [-0.15, -0.1) is 34.7 Å². The molecule has 1 aromatic heterocycles. The van der Waals surface area contributed by atoms with Crippen LogP contribution in [-0.4, -0.2) is 57.1 Å². The molecule has 3 atom stereocenters. The van der Waals surface area contributed by atoms with Crippen molar-refractivity contribution in [2.75, 3.05) is 11.6 Å². The Labute approximate surface area is 200 Å². The number of allylic oxidation sites excluding steroid dienone is 1. The number of thioether (sulfide) groups is 1. The zero-order chi connectivity index (χ0) is 23.3. The molecule has 0 aromatic carbocycles. The first-order chi connectivity index (χ1) is 15.2. The molecule has 11 heteroatoms. The van der Waals surface area contributed by atoms with Gasteiger partial charge >= 0.3 is 5.97 Å². The lowest BCUT2D eigenvalue weighted by atomic mass is 10.0. The molecule has 2 N–H and O–H groups in total. The lowest BCUT2D eigenvalue weighted by Crippen LogP contribution is -2.53. The Kier molecular flexibility index (Phi) is 8.35. The van der Waals surface area contributed by atoms with Crippen molar-refractivity contribution in [1.29, 1.82) is 0 Å². The number of nitrogens with one attached hydrogen (secondary N) is 2. The second-order valence-corrected chi connectivity index (χ2v) is 10.4. The lowest BCUT2D eigenvalue weighted by Gasteiger charge is -2.27. The van der Waals surface area contributed by atoms with E-state index in [1.807, 2.05) is 19.2 Å². The fourth-order valence-electron chi connectivity index (χ4n) is 3.14. The van der Waals surface area contributed by atoms with Gasteiger partial charge in [-0.3, -0.25) is 14.6 Å². The van der Waals surface area contributed by atoms with Gasteiger partial charge in [-0.1, -0.05) is 19.9 Å². The van der Waals surface area contributed by atoms with Crippen molar-refractivity contribution < 1.29 is 19.1 Å². The van der Waals surface area contributed by atoms with Crippen molar-refractivity contribution in [3.05, 3.63) is 28.2 Å². The van der Waals surface area contributed by atoms with Gasteiger partial charge < -0.3 is 15.4 Å². The molecule has 1 unspecified atom stereocenters. The Bertz CT molecular complexity index is 933. The van der Waals surface area contributed by atoms with Gasteiger partial charge in [-0.2, -0.15) is 0 Å². The van der Waals surface area contributed by atoms with E-state index >= 15 is 0 Å². The molecular formula is C21H27ClN4O4S2. The summed E-state index contributed by atoms with van der Waals surface area (Å²) in [5.41, 5.74) is -0.322. The molecule has 0 saturated heterocycles. The van der Waals surface area contributed by atoms with Crippen LogP contribution in [0.2, 0.25) is 0 Å². The summed E-state index contributed by atoms with van der Waals surface area (Å²) in [5.74, 6) is -0.553. The van der Waals surface area contributed by atoms with E-state index in [-0.39, 0.29) is 30.7 Å². The van der Waals surface area contributed by atoms with E-state index in [9.17, 15) is 14.4 Å². The fourth-order valence-corrected chi connectivity index (χ4v) is 5.19. The van der Waals surface area contributed by atoms with Crippen molar-refractivity contribution in [3.63, 3.8) is 0 Å². The summed E-state index contributed by atoms with van der Waals surface area (Å²) in [6.45, 7) is 5.67. The summed E-state index contributed by atoms with van der Waals surface area (Å²) >= 11 is 8.60. The number of cyclic esters (lactones) is 1. The number of hydrogen-bond acceptors (Lipinski definition) is 8. The number of rotatable bonds is 4. The Morgan fingerprint density at radius 2 is 2.16 bits per heavy atom. The SMILES string of the molecule is CC(C)C1NC(=O)[C@]2(C)CSC(=N2)c2csc(n2)CNC(=O)C[C@@H](/C=C/CCCl)OC1=O. The third-order valence-corrected chi connectivity index (χ3v) is 7.37. The molecule has 0 fully saturated rings. The quantitative estimate of drug-likeness (QED) is 0.375. The molecule has 0 saturated carbocycles. The summed E-state index contributed by atoms with van der Waals surface area (Å²) in [4.78, 5) is 47.7. The normalized spacial score (nSPS) is 27.3. The highest BCUT2D eigenvalue weighted by Gasteiger charge is 2.41. The van der Waals surface area contributed by atoms with Crippen LogP contribution in [0.15, 0.2) is 22.5 Å². The van der Waals surface area contributed by atoms with Crippen molar-refractivity contribution in [2.24, 2.45) is 10.9 Å². The van der Waals surface area contributed by atoms with Crippen LogP contribution in [0.4, 0.5) is 0 Å². The Hall–Kier alpha value is -1.91. The highest BCUT2D eigenvalue weighted by atomic mass is 35.5. The number of aliphatic imine (C=N–C) groups is 1. The fraction of sp³-hybridized carbons (Fsp3) is 0.571. The number of amides is 2. The molecule has 3 heterocycles. The van der Waals surface area contributed by atoms with E-state index in [0.29, 0.717) is 28.8 Å². The van der Waals surface area contributed by atoms with Crippen molar-refractivity contribution >= 4 is 57.5 Å². The monoisotopic (exact) mass is 498 g/mol. The van der Waals surface area contributed by atoms with Gasteiger partial charge in [0.25, 0.3) is 0 Å². The number of carbonyl (C=O) groups excluding carboxylic acids is 3. The zero-order valence-corrected chi connectivity index (χ0v) is 20.6. The number of ether oxygens (including phenoxy) is 1. The Morgan fingerprint density at radius 3 is 2.88 bits per heavy atom. The standard InChI is InChI=1S/C21H27ClN4O4S2/c1-12(2)17-19(28)30-13(6-4-5-7-22)8-15(27)23-9-16-24-14(10-31-16)18-26-21(3,11-32-18)20(29)25-17/h4,6,10,12-13,17H,5,7-9,11H2,1-3H3,(H,23,27)(H,25,29)/b6-4+/t13-,17?,21+/m1/s1. The van der Waals surface area contributed by atoms with Crippen LogP contribution >= 0.6 is 34.7 Å². The Morgan fingerprint density at radius 1 is 1.38 bits per heavy atom. The molecule has 32 heavy (non-hydrogen) atoms. The molecule has 0 radical (unpaired) electrons. The minimum absolute atomic E-state index is 0.0399. The second-order valence-electron chi connectivity index (χ2n) is 8.16. The average molecular weight is 499 g/mol. The predicted octanol–water partition coefficient (Wildman–Crippen LogP) is 2.65. The smallest absolute Gasteiger partial charge is 0.329 e. The zero-order valence-electron chi connectivity index (χ0n) is 18.2. The van der Waals surface area contributed by atoms with E-state index in [4.69, 9.17) is 16.3 Å². The van der Waals surface area contributed by atoms with Gasteiger partial charge in [-0.05, 0) is 25.3 Å². The maximum absolute atomic E-state index is 13.1. The summed E-state index contributed by atoms with van der Waals surface area (Å²) < 4.78 is 5.63. The number of esters is 1. The van der Waals surface area contributed by atoms with Crippen LogP contribution < -0.4 is 10.6 Å². The first-order valence-electron chi connectivity index (χ1n) is 10.4. The van der Waals surface area contributed by atoms with E-state index in [1.165, 1.54) is 23.1 Å². The molecule has 2 aliphatic heterocycles.